The lowest BCUT2D eigenvalue weighted by Crippen LogP contribution is -1.87. The van der Waals surface area contributed by atoms with Gasteiger partial charge in [0.2, 0.25) is 5.88 Å². The van der Waals surface area contributed by atoms with Gasteiger partial charge in [-0.1, -0.05) is 11.6 Å². The molecule has 0 unspecified atom stereocenters. The van der Waals surface area contributed by atoms with Gasteiger partial charge in [0.25, 0.3) is 0 Å². The Morgan fingerprint density at radius 1 is 1.31 bits per heavy atom. The highest BCUT2D eigenvalue weighted by Gasteiger charge is 2.03. The van der Waals surface area contributed by atoms with Gasteiger partial charge in [-0.2, -0.15) is 4.98 Å². The average molecular weight is 195 g/mol. The van der Waals surface area contributed by atoms with Crippen molar-refractivity contribution >= 4 is 22.6 Å². The van der Waals surface area contributed by atoms with Gasteiger partial charge in [0, 0.05) is 17.1 Å². The van der Waals surface area contributed by atoms with Crippen LogP contribution in [0.2, 0.25) is 5.02 Å². The largest absolute Gasteiger partial charge is 0.493 e. The van der Waals surface area contributed by atoms with Crippen LogP contribution in [0, 0.1) is 6.92 Å². The minimum atomic E-state index is -0.0401. The van der Waals surface area contributed by atoms with E-state index in [1.807, 2.05) is 6.92 Å². The van der Waals surface area contributed by atoms with Crippen LogP contribution < -0.4 is 0 Å². The molecule has 0 saturated heterocycles. The molecular weight excluding hydrogens is 188 g/mol. The molecule has 0 spiro atoms. The molecule has 66 valence electrons. The van der Waals surface area contributed by atoms with Gasteiger partial charge in [0.05, 0.1) is 5.02 Å². The fraction of sp³-hybridized carbons (Fsp3) is 0.111. The van der Waals surface area contributed by atoms with Crippen LogP contribution in [0.15, 0.2) is 18.2 Å². The van der Waals surface area contributed by atoms with Crippen molar-refractivity contribution in [2.45, 2.75) is 6.92 Å². The highest BCUT2D eigenvalue weighted by atomic mass is 35.5. The van der Waals surface area contributed by atoms with Crippen molar-refractivity contribution in [3.8, 4) is 5.88 Å². The highest BCUT2D eigenvalue weighted by molar-refractivity contribution is 6.35. The molecule has 2 heterocycles. The van der Waals surface area contributed by atoms with Crippen LogP contribution in [0.4, 0.5) is 0 Å². The summed E-state index contributed by atoms with van der Waals surface area (Å²) >= 11 is 5.95. The molecule has 13 heavy (non-hydrogen) atoms. The number of halogens is 1. The first kappa shape index (κ1) is 8.26. The zero-order chi connectivity index (χ0) is 9.42. The maximum absolute atomic E-state index is 9.12. The first-order chi connectivity index (χ1) is 6.16. The molecule has 1 N–H and O–H groups in total. The van der Waals surface area contributed by atoms with E-state index >= 15 is 0 Å². The first-order valence-corrected chi connectivity index (χ1v) is 4.17. The van der Waals surface area contributed by atoms with Crippen LogP contribution in [0.25, 0.3) is 11.0 Å². The van der Waals surface area contributed by atoms with Gasteiger partial charge in [-0.3, -0.25) is 0 Å². The third-order valence-corrected chi connectivity index (χ3v) is 2.05. The quantitative estimate of drug-likeness (QED) is 0.700. The van der Waals surface area contributed by atoms with Crippen molar-refractivity contribution in [2.24, 2.45) is 0 Å². The predicted octanol–water partition coefficient (Wildman–Crippen LogP) is 2.30. The zero-order valence-electron chi connectivity index (χ0n) is 6.95. The summed E-state index contributed by atoms with van der Waals surface area (Å²) in [5.74, 6) is -0.0401. The van der Waals surface area contributed by atoms with E-state index in [1.165, 1.54) is 6.07 Å². The molecule has 3 nitrogen and oxygen atoms in total. The number of fused-ring (bicyclic) bond motifs is 1. The summed E-state index contributed by atoms with van der Waals surface area (Å²) in [6.07, 6.45) is 0. The highest BCUT2D eigenvalue weighted by Crippen LogP contribution is 2.23. The predicted molar refractivity (Wildman–Crippen MR) is 50.9 cm³/mol. The van der Waals surface area contributed by atoms with Crippen LogP contribution in [0.3, 0.4) is 0 Å². The van der Waals surface area contributed by atoms with E-state index in [0.717, 1.165) is 11.1 Å². The molecule has 4 heteroatoms. The molecule has 0 amide bonds. The molecule has 2 aromatic rings. The van der Waals surface area contributed by atoms with Crippen molar-refractivity contribution in [1.82, 2.24) is 9.97 Å². The Hall–Kier alpha value is -1.35. The normalized spacial score (nSPS) is 10.6. The molecule has 0 saturated carbocycles. The van der Waals surface area contributed by atoms with Crippen LogP contribution in [-0.2, 0) is 0 Å². The van der Waals surface area contributed by atoms with Crippen molar-refractivity contribution < 1.29 is 5.11 Å². The van der Waals surface area contributed by atoms with E-state index in [2.05, 4.69) is 9.97 Å². The van der Waals surface area contributed by atoms with Gasteiger partial charge in [-0.05, 0) is 19.1 Å². The molecular formula is C9H7ClN2O. The monoisotopic (exact) mass is 194 g/mol. The Morgan fingerprint density at radius 2 is 2.08 bits per heavy atom. The molecule has 2 aromatic heterocycles. The second-order valence-electron chi connectivity index (χ2n) is 2.79. The Kier molecular flexibility index (Phi) is 1.81. The number of aryl methyl sites for hydroxylation is 1. The second kappa shape index (κ2) is 2.85. The van der Waals surface area contributed by atoms with E-state index in [4.69, 9.17) is 16.7 Å². The van der Waals surface area contributed by atoms with Crippen LogP contribution in [0.5, 0.6) is 5.88 Å². The van der Waals surface area contributed by atoms with Gasteiger partial charge < -0.3 is 5.11 Å². The number of aromatic hydroxyl groups is 1. The fourth-order valence-corrected chi connectivity index (χ4v) is 1.48. The first-order valence-electron chi connectivity index (χ1n) is 3.80. The summed E-state index contributed by atoms with van der Waals surface area (Å²) in [5, 5.41) is 10.5. The van der Waals surface area contributed by atoms with E-state index in [0.29, 0.717) is 10.7 Å². The number of pyridine rings is 2. The Bertz CT molecular complexity index is 465. The van der Waals surface area contributed by atoms with Gasteiger partial charge >= 0.3 is 0 Å². The minimum absolute atomic E-state index is 0.0401. The lowest BCUT2D eigenvalue weighted by atomic mass is 10.2. The summed E-state index contributed by atoms with van der Waals surface area (Å²) in [5.41, 5.74) is 1.26. The summed E-state index contributed by atoms with van der Waals surface area (Å²) in [6.45, 7) is 1.83. The van der Waals surface area contributed by atoms with Crippen LogP contribution in [-0.4, -0.2) is 15.1 Å². The SMILES string of the molecule is Cc1cc(Cl)c2ccc(O)nc2n1. The second-order valence-corrected chi connectivity index (χ2v) is 3.19. The van der Waals surface area contributed by atoms with Crippen molar-refractivity contribution in [2.75, 3.05) is 0 Å². The number of aromatic nitrogens is 2. The zero-order valence-corrected chi connectivity index (χ0v) is 7.71. The lowest BCUT2D eigenvalue weighted by molar-refractivity contribution is 0.455. The minimum Gasteiger partial charge on any atom is -0.493 e. The van der Waals surface area contributed by atoms with Gasteiger partial charge in [0.1, 0.15) is 0 Å². The molecule has 0 aromatic carbocycles. The molecule has 0 atom stereocenters. The lowest BCUT2D eigenvalue weighted by Gasteiger charge is -2.00. The van der Waals surface area contributed by atoms with Crippen molar-refractivity contribution in [3.63, 3.8) is 0 Å². The number of hydrogen-bond acceptors (Lipinski definition) is 3. The topological polar surface area (TPSA) is 46.0 Å². The summed E-state index contributed by atoms with van der Waals surface area (Å²) in [6, 6.07) is 4.96. The number of nitrogens with zero attached hydrogens (tertiary/aromatic N) is 2. The van der Waals surface area contributed by atoms with Crippen molar-refractivity contribution in [3.05, 3.63) is 28.9 Å². The Morgan fingerprint density at radius 3 is 2.85 bits per heavy atom. The maximum atomic E-state index is 9.12. The molecule has 0 fully saturated rings. The van der Waals surface area contributed by atoms with Gasteiger partial charge in [0.15, 0.2) is 5.65 Å². The Labute approximate surface area is 80.0 Å². The molecule has 0 aliphatic rings. The number of hydrogen-bond donors (Lipinski definition) is 1. The third kappa shape index (κ3) is 1.42. The van der Waals surface area contributed by atoms with Gasteiger partial charge in [-0.25, -0.2) is 4.98 Å². The number of rotatable bonds is 0. The third-order valence-electron chi connectivity index (χ3n) is 1.74. The van der Waals surface area contributed by atoms with E-state index in [-0.39, 0.29) is 5.88 Å². The van der Waals surface area contributed by atoms with Crippen molar-refractivity contribution in [1.29, 1.82) is 0 Å². The maximum Gasteiger partial charge on any atom is 0.212 e. The summed E-state index contributed by atoms with van der Waals surface area (Å²) < 4.78 is 0. The summed E-state index contributed by atoms with van der Waals surface area (Å²) in [4.78, 5) is 8.00. The summed E-state index contributed by atoms with van der Waals surface area (Å²) in [7, 11) is 0. The van der Waals surface area contributed by atoms with E-state index < -0.39 is 0 Å². The Balaban J connectivity index is 2.86. The molecule has 0 aliphatic carbocycles. The van der Waals surface area contributed by atoms with E-state index in [9.17, 15) is 0 Å². The standard InChI is InChI=1S/C9H7ClN2O/c1-5-4-7(10)6-2-3-8(13)12-9(6)11-5/h2-4H,1H3,(H,11,12,13). The fourth-order valence-electron chi connectivity index (χ4n) is 1.17. The average Bonchev–Trinajstić information content (AvgIpc) is 2.02. The smallest absolute Gasteiger partial charge is 0.212 e. The molecule has 0 bridgehead atoms. The van der Waals surface area contributed by atoms with Crippen LogP contribution in [0.1, 0.15) is 5.69 Å². The molecule has 2 rings (SSSR count). The molecule has 0 aliphatic heterocycles. The van der Waals surface area contributed by atoms with E-state index in [1.54, 1.807) is 12.1 Å². The van der Waals surface area contributed by atoms with Gasteiger partial charge in [-0.15, -0.1) is 0 Å². The van der Waals surface area contributed by atoms with Crippen LogP contribution >= 0.6 is 11.6 Å². The molecule has 0 radical (unpaired) electrons.